The molecule has 0 aliphatic heterocycles. The molecular weight excluding hydrogens is 172 g/mol. The van der Waals surface area contributed by atoms with Crippen LogP contribution in [0.3, 0.4) is 0 Å². The van der Waals surface area contributed by atoms with Crippen molar-refractivity contribution in [3.05, 3.63) is 24.3 Å². The highest BCUT2D eigenvalue weighted by molar-refractivity contribution is 5.29. The summed E-state index contributed by atoms with van der Waals surface area (Å²) in [4.78, 5) is 0. The molecule has 1 aromatic rings. The summed E-state index contributed by atoms with van der Waals surface area (Å²) in [6.45, 7) is 0.239. The van der Waals surface area contributed by atoms with E-state index < -0.39 is 6.29 Å². The van der Waals surface area contributed by atoms with Crippen LogP contribution in [-0.4, -0.2) is 28.2 Å². The Balaban J connectivity index is 2.33. The zero-order valence-electron chi connectivity index (χ0n) is 7.05. The minimum absolute atomic E-state index is 0.168. The molecule has 0 atom stereocenters. The molecule has 0 aliphatic carbocycles. The van der Waals surface area contributed by atoms with Crippen LogP contribution in [0.25, 0.3) is 0 Å². The lowest BCUT2D eigenvalue weighted by molar-refractivity contribution is -0.0519. The SMILES string of the molecule is Oc1ccc(OCCC(O)O)cc1. The van der Waals surface area contributed by atoms with Gasteiger partial charge in [-0.05, 0) is 24.3 Å². The summed E-state index contributed by atoms with van der Waals surface area (Å²) in [5, 5.41) is 26.0. The maximum atomic E-state index is 8.93. The second kappa shape index (κ2) is 4.69. The number of hydrogen-bond donors (Lipinski definition) is 3. The molecular formula is C9H12O4. The third-order valence-electron chi connectivity index (χ3n) is 1.48. The van der Waals surface area contributed by atoms with Crippen LogP contribution in [0.5, 0.6) is 11.5 Å². The van der Waals surface area contributed by atoms with Crippen molar-refractivity contribution in [2.75, 3.05) is 6.61 Å². The second-order valence-electron chi connectivity index (χ2n) is 2.61. The quantitative estimate of drug-likeness (QED) is 0.595. The largest absolute Gasteiger partial charge is 0.508 e. The van der Waals surface area contributed by atoms with Crippen molar-refractivity contribution < 1.29 is 20.1 Å². The molecule has 4 heteroatoms. The third-order valence-corrected chi connectivity index (χ3v) is 1.48. The maximum Gasteiger partial charge on any atom is 0.154 e. The minimum Gasteiger partial charge on any atom is -0.508 e. The van der Waals surface area contributed by atoms with Gasteiger partial charge in [0.2, 0.25) is 0 Å². The van der Waals surface area contributed by atoms with Crippen molar-refractivity contribution in [1.82, 2.24) is 0 Å². The van der Waals surface area contributed by atoms with Crippen molar-refractivity contribution >= 4 is 0 Å². The molecule has 3 N–H and O–H groups in total. The standard InChI is InChI=1S/C9H12O4/c10-7-1-3-8(4-2-7)13-6-5-9(11)12/h1-4,9-12H,5-6H2. The van der Waals surface area contributed by atoms with Crippen molar-refractivity contribution in [2.45, 2.75) is 12.7 Å². The fourth-order valence-electron chi connectivity index (χ4n) is 0.825. The fraction of sp³-hybridized carbons (Fsp3) is 0.333. The molecule has 0 saturated carbocycles. The van der Waals surface area contributed by atoms with E-state index in [0.29, 0.717) is 5.75 Å². The predicted molar refractivity (Wildman–Crippen MR) is 46.4 cm³/mol. The van der Waals surface area contributed by atoms with Crippen LogP contribution in [-0.2, 0) is 0 Å². The molecule has 0 fully saturated rings. The smallest absolute Gasteiger partial charge is 0.154 e. The van der Waals surface area contributed by atoms with Gasteiger partial charge in [0.05, 0.1) is 6.61 Å². The molecule has 13 heavy (non-hydrogen) atoms. The lowest BCUT2D eigenvalue weighted by Crippen LogP contribution is -2.10. The van der Waals surface area contributed by atoms with Crippen molar-refractivity contribution in [2.24, 2.45) is 0 Å². The minimum atomic E-state index is -1.34. The van der Waals surface area contributed by atoms with Gasteiger partial charge in [0.1, 0.15) is 11.5 Å². The lowest BCUT2D eigenvalue weighted by Gasteiger charge is -2.06. The summed E-state index contributed by atoms with van der Waals surface area (Å²) in [5.41, 5.74) is 0. The van der Waals surface area contributed by atoms with Gasteiger partial charge in [-0.2, -0.15) is 0 Å². The molecule has 4 nitrogen and oxygen atoms in total. The van der Waals surface area contributed by atoms with E-state index in [1.165, 1.54) is 12.1 Å². The summed E-state index contributed by atoms with van der Waals surface area (Å²) in [6, 6.07) is 6.23. The highest BCUT2D eigenvalue weighted by Gasteiger charge is 1.98. The average molecular weight is 184 g/mol. The summed E-state index contributed by atoms with van der Waals surface area (Å²) in [5.74, 6) is 0.771. The fourth-order valence-corrected chi connectivity index (χ4v) is 0.825. The number of rotatable bonds is 4. The van der Waals surface area contributed by atoms with E-state index in [-0.39, 0.29) is 18.8 Å². The zero-order valence-corrected chi connectivity index (χ0v) is 7.05. The highest BCUT2D eigenvalue weighted by Crippen LogP contribution is 2.15. The normalized spacial score (nSPS) is 10.4. The number of phenols is 1. The Labute approximate surface area is 76.0 Å². The molecule has 0 saturated heterocycles. The average Bonchev–Trinajstić information content (AvgIpc) is 2.08. The first-order chi connectivity index (χ1) is 6.18. The predicted octanol–water partition coefficient (Wildman–Crippen LogP) is 0.472. The summed E-state index contributed by atoms with van der Waals surface area (Å²) < 4.78 is 5.14. The van der Waals surface area contributed by atoms with Gasteiger partial charge in [-0.15, -0.1) is 0 Å². The Bertz CT molecular complexity index is 242. The zero-order chi connectivity index (χ0) is 9.68. The van der Waals surface area contributed by atoms with E-state index in [4.69, 9.17) is 20.1 Å². The first-order valence-electron chi connectivity index (χ1n) is 3.96. The van der Waals surface area contributed by atoms with Crippen LogP contribution in [0.2, 0.25) is 0 Å². The van der Waals surface area contributed by atoms with E-state index >= 15 is 0 Å². The monoisotopic (exact) mass is 184 g/mol. The van der Waals surface area contributed by atoms with Gasteiger partial charge >= 0.3 is 0 Å². The molecule has 1 rings (SSSR count). The number of phenolic OH excluding ortho intramolecular Hbond substituents is 1. The topological polar surface area (TPSA) is 69.9 Å². The molecule has 0 spiro atoms. The Hall–Kier alpha value is -1.26. The first kappa shape index (κ1) is 9.83. The Morgan fingerprint density at radius 2 is 1.77 bits per heavy atom. The number of aliphatic hydroxyl groups is 2. The van der Waals surface area contributed by atoms with Gasteiger partial charge in [-0.3, -0.25) is 0 Å². The van der Waals surface area contributed by atoms with Crippen LogP contribution in [0.4, 0.5) is 0 Å². The number of aliphatic hydroxyl groups excluding tert-OH is 1. The molecule has 0 aliphatic rings. The van der Waals surface area contributed by atoms with E-state index in [1.54, 1.807) is 12.1 Å². The number of benzene rings is 1. The summed E-state index contributed by atoms with van der Waals surface area (Å²) >= 11 is 0. The number of ether oxygens (including phenoxy) is 1. The van der Waals surface area contributed by atoms with Crippen molar-refractivity contribution in [3.8, 4) is 11.5 Å². The van der Waals surface area contributed by atoms with Gasteiger partial charge in [0.25, 0.3) is 0 Å². The number of aromatic hydroxyl groups is 1. The molecule has 0 amide bonds. The van der Waals surface area contributed by atoms with Crippen LogP contribution in [0.1, 0.15) is 6.42 Å². The highest BCUT2D eigenvalue weighted by atomic mass is 16.5. The van der Waals surface area contributed by atoms with Gasteiger partial charge in [-0.25, -0.2) is 0 Å². The summed E-state index contributed by atoms with van der Waals surface area (Å²) in [7, 11) is 0. The van der Waals surface area contributed by atoms with E-state index in [0.717, 1.165) is 0 Å². The summed E-state index contributed by atoms with van der Waals surface area (Å²) in [6.07, 6.45) is -1.17. The van der Waals surface area contributed by atoms with Crippen LogP contribution >= 0.6 is 0 Å². The molecule has 72 valence electrons. The van der Waals surface area contributed by atoms with Crippen molar-refractivity contribution in [3.63, 3.8) is 0 Å². The Kier molecular flexibility index (Phi) is 3.54. The van der Waals surface area contributed by atoms with Crippen LogP contribution in [0, 0.1) is 0 Å². The van der Waals surface area contributed by atoms with Gasteiger partial charge in [0.15, 0.2) is 6.29 Å². The molecule has 0 radical (unpaired) electrons. The van der Waals surface area contributed by atoms with E-state index in [9.17, 15) is 0 Å². The molecule has 0 unspecified atom stereocenters. The molecule has 0 heterocycles. The Morgan fingerprint density at radius 3 is 2.31 bits per heavy atom. The molecule has 1 aromatic carbocycles. The number of hydrogen-bond acceptors (Lipinski definition) is 4. The molecule has 0 bridgehead atoms. The third kappa shape index (κ3) is 3.78. The van der Waals surface area contributed by atoms with Gasteiger partial charge in [0, 0.05) is 6.42 Å². The molecule has 0 aromatic heterocycles. The van der Waals surface area contributed by atoms with Gasteiger partial charge in [-0.1, -0.05) is 0 Å². The lowest BCUT2D eigenvalue weighted by atomic mass is 10.3. The first-order valence-corrected chi connectivity index (χ1v) is 3.96. The van der Waals surface area contributed by atoms with Crippen molar-refractivity contribution in [1.29, 1.82) is 0 Å². The van der Waals surface area contributed by atoms with E-state index in [1.807, 2.05) is 0 Å². The Morgan fingerprint density at radius 1 is 1.15 bits per heavy atom. The van der Waals surface area contributed by atoms with E-state index in [2.05, 4.69) is 0 Å². The maximum absolute atomic E-state index is 8.93. The second-order valence-corrected chi connectivity index (χ2v) is 2.61. The van der Waals surface area contributed by atoms with Gasteiger partial charge < -0.3 is 20.1 Å². The van der Waals surface area contributed by atoms with Crippen LogP contribution < -0.4 is 4.74 Å². The van der Waals surface area contributed by atoms with Crippen LogP contribution in [0.15, 0.2) is 24.3 Å².